The van der Waals surface area contributed by atoms with Crippen molar-refractivity contribution < 1.29 is 9.47 Å². The maximum Gasteiger partial charge on any atom is 0.123 e. The van der Waals surface area contributed by atoms with Crippen LogP contribution in [-0.4, -0.2) is 13.2 Å². The number of halogens is 2. The van der Waals surface area contributed by atoms with Crippen molar-refractivity contribution in [2.75, 3.05) is 13.2 Å². The van der Waals surface area contributed by atoms with Crippen molar-refractivity contribution in [2.45, 2.75) is 11.2 Å². The Bertz CT molecular complexity index is 613. The Labute approximate surface area is 135 Å². The van der Waals surface area contributed by atoms with E-state index in [0.29, 0.717) is 19.1 Å². The van der Waals surface area contributed by atoms with Crippen LogP contribution in [-0.2, 0) is 5.33 Å². The van der Waals surface area contributed by atoms with Gasteiger partial charge in [-0.2, -0.15) is 0 Å². The summed E-state index contributed by atoms with van der Waals surface area (Å²) in [4.78, 5) is 0. The summed E-state index contributed by atoms with van der Waals surface area (Å²) in [6, 6.07) is 14.2. The molecule has 2 aromatic rings. The van der Waals surface area contributed by atoms with Gasteiger partial charge in [0.05, 0.1) is 19.1 Å². The van der Waals surface area contributed by atoms with E-state index in [-0.39, 0.29) is 0 Å². The van der Waals surface area contributed by atoms with Crippen molar-refractivity contribution in [3.8, 4) is 11.5 Å². The van der Waals surface area contributed by atoms with Gasteiger partial charge in [0.1, 0.15) is 11.5 Å². The number of ether oxygens (including phenoxy) is 2. The quantitative estimate of drug-likeness (QED) is 0.683. The lowest BCUT2D eigenvalue weighted by atomic mass is 10.0. The number of hydrogen-bond donors (Lipinski definition) is 0. The van der Waals surface area contributed by atoms with E-state index in [1.165, 1.54) is 11.1 Å². The molecular weight excluding hydrogens is 384 g/mol. The van der Waals surface area contributed by atoms with Gasteiger partial charge in [0.25, 0.3) is 0 Å². The molecule has 0 aliphatic carbocycles. The van der Waals surface area contributed by atoms with E-state index in [1.807, 2.05) is 30.3 Å². The fourth-order valence-corrected chi connectivity index (χ4v) is 3.53. The van der Waals surface area contributed by atoms with Crippen LogP contribution in [0.5, 0.6) is 11.5 Å². The number of para-hydroxylation sites is 1. The molecule has 0 fully saturated rings. The maximum absolute atomic E-state index is 5.92. The van der Waals surface area contributed by atoms with E-state index in [0.717, 1.165) is 21.3 Å². The fraction of sp³-hybridized carbons (Fsp3) is 0.250. The van der Waals surface area contributed by atoms with Gasteiger partial charge in [-0.3, -0.25) is 0 Å². The zero-order valence-corrected chi connectivity index (χ0v) is 14.0. The van der Waals surface area contributed by atoms with E-state index < -0.39 is 0 Å². The second kappa shape index (κ2) is 6.19. The van der Waals surface area contributed by atoms with Crippen LogP contribution in [0, 0.1) is 0 Å². The van der Waals surface area contributed by atoms with E-state index in [1.54, 1.807) is 0 Å². The van der Waals surface area contributed by atoms with Gasteiger partial charge in [-0.1, -0.05) is 50.1 Å². The fourth-order valence-electron chi connectivity index (χ4n) is 2.31. The van der Waals surface area contributed by atoms with Crippen LogP contribution >= 0.6 is 31.9 Å². The smallest absolute Gasteiger partial charge is 0.123 e. The third-order valence-electron chi connectivity index (χ3n) is 3.41. The normalized spacial score (nSPS) is 16.6. The maximum atomic E-state index is 5.92. The third kappa shape index (κ3) is 2.86. The van der Waals surface area contributed by atoms with Crippen molar-refractivity contribution in [3.05, 3.63) is 58.1 Å². The SMILES string of the molecule is BrCc1cc(OCC2COc3ccccc32)ccc1Br. The minimum absolute atomic E-state index is 0.308. The lowest BCUT2D eigenvalue weighted by Gasteiger charge is -2.12. The Morgan fingerprint density at radius 3 is 2.90 bits per heavy atom. The highest BCUT2D eigenvalue weighted by molar-refractivity contribution is 9.10. The number of benzene rings is 2. The van der Waals surface area contributed by atoms with Gasteiger partial charge >= 0.3 is 0 Å². The average Bonchev–Trinajstić information content (AvgIpc) is 2.90. The Kier molecular flexibility index (Phi) is 4.32. The lowest BCUT2D eigenvalue weighted by molar-refractivity contribution is 0.248. The average molecular weight is 398 g/mol. The highest BCUT2D eigenvalue weighted by Gasteiger charge is 2.24. The van der Waals surface area contributed by atoms with Crippen molar-refractivity contribution in [1.29, 1.82) is 0 Å². The number of rotatable bonds is 4. The summed E-state index contributed by atoms with van der Waals surface area (Å²) in [5.41, 5.74) is 2.43. The number of fused-ring (bicyclic) bond motifs is 1. The molecule has 0 radical (unpaired) electrons. The Morgan fingerprint density at radius 1 is 1.20 bits per heavy atom. The molecule has 0 amide bonds. The van der Waals surface area contributed by atoms with Crippen molar-refractivity contribution in [1.82, 2.24) is 0 Å². The summed E-state index contributed by atoms with van der Waals surface area (Å²) in [6.07, 6.45) is 0. The minimum atomic E-state index is 0.308. The first-order chi connectivity index (χ1) is 9.78. The first-order valence-electron chi connectivity index (χ1n) is 6.47. The summed E-state index contributed by atoms with van der Waals surface area (Å²) < 4.78 is 12.7. The summed E-state index contributed by atoms with van der Waals surface area (Å²) in [6.45, 7) is 1.33. The van der Waals surface area contributed by atoms with Gasteiger partial charge in [0.2, 0.25) is 0 Å². The van der Waals surface area contributed by atoms with E-state index in [4.69, 9.17) is 9.47 Å². The number of alkyl halides is 1. The molecule has 0 bridgehead atoms. The van der Waals surface area contributed by atoms with Gasteiger partial charge < -0.3 is 9.47 Å². The summed E-state index contributed by atoms with van der Waals surface area (Å²) in [5.74, 6) is 2.19. The molecule has 1 unspecified atom stereocenters. The second-order valence-corrected chi connectivity index (χ2v) is 6.16. The van der Waals surface area contributed by atoms with Crippen LogP contribution in [0.2, 0.25) is 0 Å². The summed E-state index contributed by atoms with van der Waals surface area (Å²) >= 11 is 7.00. The number of hydrogen-bond acceptors (Lipinski definition) is 2. The highest BCUT2D eigenvalue weighted by Crippen LogP contribution is 2.34. The monoisotopic (exact) mass is 396 g/mol. The van der Waals surface area contributed by atoms with Crippen LogP contribution in [0.3, 0.4) is 0 Å². The predicted molar refractivity (Wildman–Crippen MR) is 86.9 cm³/mol. The molecule has 2 nitrogen and oxygen atoms in total. The molecule has 1 aliphatic heterocycles. The van der Waals surface area contributed by atoms with E-state index in [9.17, 15) is 0 Å². The Morgan fingerprint density at radius 2 is 2.05 bits per heavy atom. The molecule has 4 heteroatoms. The van der Waals surface area contributed by atoms with Crippen LogP contribution in [0.25, 0.3) is 0 Å². The molecule has 20 heavy (non-hydrogen) atoms. The summed E-state index contributed by atoms with van der Waals surface area (Å²) in [7, 11) is 0. The predicted octanol–water partition coefficient (Wildman–Crippen LogP) is 4.90. The zero-order valence-electron chi connectivity index (χ0n) is 10.8. The van der Waals surface area contributed by atoms with Gasteiger partial charge in [0, 0.05) is 15.4 Å². The first kappa shape index (κ1) is 14.0. The zero-order chi connectivity index (χ0) is 13.9. The molecular formula is C16H14Br2O2. The first-order valence-corrected chi connectivity index (χ1v) is 8.38. The lowest BCUT2D eigenvalue weighted by Crippen LogP contribution is -2.11. The topological polar surface area (TPSA) is 18.5 Å². The Balaban J connectivity index is 1.69. The van der Waals surface area contributed by atoms with Gasteiger partial charge in [0.15, 0.2) is 0 Å². The van der Waals surface area contributed by atoms with Crippen molar-refractivity contribution >= 4 is 31.9 Å². The molecule has 2 aromatic carbocycles. The van der Waals surface area contributed by atoms with Crippen LogP contribution in [0.1, 0.15) is 17.0 Å². The van der Waals surface area contributed by atoms with Gasteiger partial charge in [-0.05, 0) is 29.8 Å². The molecule has 0 saturated heterocycles. The minimum Gasteiger partial charge on any atom is -0.493 e. The molecule has 1 heterocycles. The van der Waals surface area contributed by atoms with Crippen LogP contribution in [0.15, 0.2) is 46.9 Å². The van der Waals surface area contributed by atoms with Gasteiger partial charge in [-0.15, -0.1) is 0 Å². The molecule has 0 saturated carbocycles. The van der Waals surface area contributed by atoms with Crippen molar-refractivity contribution in [3.63, 3.8) is 0 Å². The Hall–Kier alpha value is -1.00. The molecule has 0 spiro atoms. The third-order valence-corrected chi connectivity index (χ3v) is 4.79. The van der Waals surface area contributed by atoms with E-state index in [2.05, 4.69) is 44.0 Å². The van der Waals surface area contributed by atoms with Crippen molar-refractivity contribution in [2.24, 2.45) is 0 Å². The van der Waals surface area contributed by atoms with Crippen LogP contribution in [0.4, 0.5) is 0 Å². The molecule has 104 valence electrons. The largest absolute Gasteiger partial charge is 0.493 e. The standard InChI is InChI=1S/C16H14Br2O2/c17-8-11-7-13(5-6-15(11)18)19-9-12-10-20-16-4-2-1-3-14(12)16/h1-7,12H,8-10H2. The summed E-state index contributed by atoms with van der Waals surface area (Å²) in [5, 5.41) is 0.806. The molecule has 0 N–H and O–H groups in total. The molecule has 1 atom stereocenters. The molecule has 1 aliphatic rings. The highest BCUT2D eigenvalue weighted by atomic mass is 79.9. The van der Waals surface area contributed by atoms with Crippen LogP contribution < -0.4 is 9.47 Å². The molecule has 3 rings (SSSR count). The van der Waals surface area contributed by atoms with Gasteiger partial charge in [-0.25, -0.2) is 0 Å². The van der Waals surface area contributed by atoms with E-state index >= 15 is 0 Å². The second-order valence-electron chi connectivity index (χ2n) is 4.74. The molecule has 0 aromatic heterocycles.